The van der Waals surface area contributed by atoms with Gasteiger partial charge in [0.1, 0.15) is 5.58 Å². The van der Waals surface area contributed by atoms with Crippen LogP contribution in [-0.2, 0) is 0 Å². The first-order valence-electron chi connectivity index (χ1n) is 11.7. The van der Waals surface area contributed by atoms with Gasteiger partial charge in [0.25, 0.3) is 0 Å². The van der Waals surface area contributed by atoms with Crippen molar-refractivity contribution < 1.29 is 14.3 Å². The number of fused-ring (bicyclic) bond motifs is 1. The summed E-state index contributed by atoms with van der Waals surface area (Å²) in [5.74, 6) is -0.311. The van der Waals surface area contributed by atoms with Crippen LogP contribution in [0.3, 0.4) is 0 Å². The second kappa shape index (κ2) is 7.94. The Balaban J connectivity index is 1.56. The van der Waals surface area contributed by atoms with E-state index in [1.165, 1.54) is 12.8 Å². The normalized spacial score (nSPS) is 17.8. The predicted octanol–water partition coefficient (Wildman–Crippen LogP) is 5.66. The number of aryl methyl sites for hydroxylation is 1. The number of hydrogen-bond acceptors (Lipinski definition) is 5. The number of benzene rings is 2. The van der Waals surface area contributed by atoms with E-state index in [0.717, 1.165) is 37.1 Å². The van der Waals surface area contributed by atoms with E-state index in [4.69, 9.17) is 4.42 Å². The highest BCUT2D eigenvalue weighted by Crippen LogP contribution is 2.54. The fourth-order valence-corrected chi connectivity index (χ4v) is 5.15. The topological polar surface area (TPSA) is 82.8 Å². The molecule has 2 aromatic carbocycles. The number of carbonyl (C=O) groups is 1. The average Bonchev–Trinajstić information content (AvgIpc) is 3.55. The fourth-order valence-electron chi connectivity index (χ4n) is 5.15. The summed E-state index contributed by atoms with van der Waals surface area (Å²) in [5.41, 5.74) is 4.33. The van der Waals surface area contributed by atoms with E-state index >= 15 is 0 Å². The molecule has 6 heteroatoms. The molecule has 0 unspecified atom stereocenters. The molecular formula is C27H30N2O4. The highest BCUT2D eigenvalue weighted by molar-refractivity contribution is 5.94. The van der Waals surface area contributed by atoms with Crippen LogP contribution in [0.1, 0.15) is 65.7 Å². The van der Waals surface area contributed by atoms with Gasteiger partial charge in [-0.2, -0.15) is 0 Å². The van der Waals surface area contributed by atoms with Gasteiger partial charge in [0.2, 0.25) is 5.88 Å². The Bertz CT molecular complexity index is 1300. The predicted molar refractivity (Wildman–Crippen MR) is 131 cm³/mol. The summed E-state index contributed by atoms with van der Waals surface area (Å²) in [7, 11) is 0. The Morgan fingerprint density at radius 3 is 2.48 bits per heavy atom. The lowest BCUT2D eigenvalue weighted by Gasteiger charge is -2.33. The number of piperidine rings is 1. The van der Waals surface area contributed by atoms with Crippen LogP contribution in [0.5, 0.6) is 0 Å². The summed E-state index contributed by atoms with van der Waals surface area (Å²) in [4.78, 5) is 27.3. The smallest absolute Gasteiger partial charge is 0.337 e. The van der Waals surface area contributed by atoms with Crippen molar-refractivity contribution >= 4 is 28.5 Å². The third-order valence-electron chi connectivity index (χ3n) is 7.43. The van der Waals surface area contributed by atoms with Gasteiger partial charge in [-0.05, 0) is 75.6 Å². The molecule has 2 aliphatic rings. The molecule has 0 bridgehead atoms. The molecule has 33 heavy (non-hydrogen) atoms. The molecular weight excluding hydrogens is 416 g/mol. The molecule has 2 heterocycles. The number of hydrogen-bond donors (Lipinski definition) is 2. The second-order valence-electron chi connectivity index (χ2n) is 9.80. The molecule has 1 spiro atoms. The van der Waals surface area contributed by atoms with Crippen LogP contribution >= 0.6 is 0 Å². The highest BCUT2D eigenvalue weighted by atomic mass is 16.4. The Morgan fingerprint density at radius 2 is 1.82 bits per heavy atom. The maximum atomic E-state index is 13.4. The van der Waals surface area contributed by atoms with Crippen LogP contribution in [0.15, 0.2) is 45.6 Å². The number of nitrogens with one attached hydrogen (secondary N) is 1. The second-order valence-corrected chi connectivity index (χ2v) is 9.80. The maximum absolute atomic E-state index is 13.4. The van der Waals surface area contributed by atoms with Crippen LogP contribution in [-0.4, -0.2) is 24.2 Å². The molecule has 172 valence electrons. The molecule has 2 fully saturated rings. The molecule has 5 rings (SSSR count). The molecule has 3 aromatic rings. The summed E-state index contributed by atoms with van der Waals surface area (Å²) in [5, 5.41) is 13.4. The first-order valence-corrected chi connectivity index (χ1v) is 11.7. The van der Waals surface area contributed by atoms with Crippen molar-refractivity contribution in [2.45, 2.75) is 52.5 Å². The van der Waals surface area contributed by atoms with Crippen LogP contribution in [0.4, 0.5) is 11.6 Å². The quantitative estimate of drug-likeness (QED) is 0.526. The summed E-state index contributed by atoms with van der Waals surface area (Å²) in [6.07, 6.45) is 4.95. The average molecular weight is 447 g/mol. The van der Waals surface area contributed by atoms with E-state index in [1.807, 2.05) is 32.9 Å². The van der Waals surface area contributed by atoms with Crippen LogP contribution in [0, 0.1) is 19.3 Å². The number of anilines is 2. The molecule has 0 radical (unpaired) electrons. The minimum absolute atomic E-state index is 0.000967. The van der Waals surface area contributed by atoms with Crippen molar-refractivity contribution in [2.24, 2.45) is 5.41 Å². The maximum Gasteiger partial charge on any atom is 0.337 e. The zero-order valence-electron chi connectivity index (χ0n) is 19.4. The lowest BCUT2D eigenvalue weighted by molar-refractivity contribution is 0.0698. The molecule has 0 amide bonds. The number of rotatable bonds is 5. The minimum Gasteiger partial charge on any atom is -0.478 e. The molecule has 6 nitrogen and oxygen atoms in total. The summed E-state index contributed by atoms with van der Waals surface area (Å²) >= 11 is 0. The van der Waals surface area contributed by atoms with E-state index in [1.54, 1.807) is 24.3 Å². The molecule has 1 aliphatic carbocycles. The number of carboxylic acid groups (broad SMARTS) is 1. The first-order chi connectivity index (χ1) is 15.8. The van der Waals surface area contributed by atoms with E-state index < -0.39 is 5.97 Å². The minimum atomic E-state index is -0.984. The van der Waals surface area contributed by atoms with Gasteiger partial charge in [-0.1, -0.05) is 18.2 Å². The van der Waals surface area contributed by atoms with Crippen molar-refractivity contribution in [3.8, 4) is 0 Å². The Kier molecular flexibility index (Phi) is 5.19. The van der Waals surface area contributed by atoms with E-state index in [-0.39, 0.29) is 17.0 Å². The monoisotopic (exact) mass is 446 g/mol. The van der Waals surface area contributed by atoms with E-state index in [2.05, 4.69) is 10.2 Å². The van der Waals surface area contributed by atoms with Gasteiger partial charge in [-0.15, -0.1) is 0 Å². The highest BCUT2D eigenvalue weighted by Gasteiger charge is 2.45. The molecule has 1 atom stereocenters. The Morgan fingerprint density at radius 1 is 1.12 bits per heavy atom. The summed E-state index contributed by atoms with van der Waals surface area (Å²) in [6, 6.07) is 10.5. The molecule has 1 aromatic heterocycles. The van der Waals surface area contributed by atoms with Crippen molar-refractivity contribution in [1.82, 2.24) is 0 Å². The van der Waals surface area contributed by atoms with E-state index in [9.17, 15) is 14.7 Å². The zero-order valence-corrected chi connectivity index (χ0v) is 19.4. The molecule has 1 aliphatic heterocycles. The van der Waals surface area contributed by atoms with Gasteiger partial charge in [0, 0.05) is 24.3 Å². The molecule has 1 saturated carbocycles. The lowest BCUT2D eigenvalue weighted by Crippen LogP contribution is -2.35. The third-order valence-corrected chi connectivity index (χ3v) is 7.43. The molecule has 2 N–H and O–H groups in total. The van der Waals surface area contributed by atoms with Crippen molar-refractivity contribution in [2.75, 3.05) is 23.3 Å². The Labute approximate surface area is 193 Å². The largest absolute Gasteiger partial charge is 0.478 e. The SMILES string of the molecule is Cc1cc([C@@H](C)Nc2ccccc2C(=O)O)c2oc(N3CCC4(CC3)CC4)c(C)c(=O)c2c1. The van der Waals surface area contributed by atoms with Gasteiger partial charge in [-0.3, -0.25) is 4.79 Å². The summed E-state index contributed by atoms with van der Waals surface area (Å²) in [6.45, 7) is 7.61. The number of para-hydroxylation sites is 1. The van der Waals surface area contributed by atoms with Gasteiger partial charge in [-0.25, -0.2) is 4.79 Å². The summed E-state index contributed by atoms with van der Waals surface area (Å²) < 4.78 is 6.49. The Hall–Kier alpha value is -3.28. The molecule has 1 saturated heterocycles. The van der Waals surface area contributed by atoms with Gasteiger partial charge in [0.05, 0.1) is 22.6 Å². The van der Waals surface area contributed by atoms with Crippen molar-refractivity contribution in [3.05, 3.63) is 68.9 Å². The van der Waals surface area contributed by atoms with Crippen molar-refractivity contribution in [3.63, 3.8) is 0 Å². The number of nitrogens with zero attached hydrogens (tertiary/aromatic N) is 1. The number of aromatic carboxylic acids is 1. The van der Waals surface area contributed by atoms with Crippen LogP contribution < -0.4 is 15.6 Å². The zero-order chi connectivity index (χ0) is 23.3. The fraction of sp³-hybridized carbons (Fsp3) is 0.407. The first kappa shape index (κ1) is 21.6. The van der Waals surface area contributed by atoms with E-state index in [0.29, 0.717) is 33.5 Å². The number of carboxylic acids is 1. The standard InChI is InChI=1S/C27H30N2O4/c1-16-14-20(18(3)28-22-7-5-4-6-19(22)26(31)32)24-21(15-16)23(30)17(2)25(33-24)29-12-10-27(8-9-27)11-13-29/h4-7,14-15,18,28H,8-13H2,1-3H3,(H,31,32)/t18-/m1/s1. The lowest BCUT2D eigenvalue weighted by atomic mass is 9.93. The van der Waals surface area contributed by atoms with Crippen molar-refractivity contribution in [1.29, 1.82) is 0 Å². The van der Waals surface area contributed by atoms with Gasteiger partial charge in [0.15, 0.2) is 5.43 Å². The van der Waals surface area contributed by atoms with Crippen LogP contribution in [0.25, 0.3) is 11.0 Å². The third kappa shape index (κ3) is 3.88. The van der Waals surface area contributed by atoms with Gasteiger partial charge >= 0.3 is 5.97 Å². The van der Waals surface area contributed by atoms with Gasteiger partial charge < -0.3 is 19.7 Å². The van der Waals surface area contributed by atoms with Crippen LogP contribution in [0.2, 0.25) is 0 Å².